The Balaban J connectivity index is 1.95. The van der Waals surface area contributed by atoms with Crippen molar-refractivity contribution in [2.45, 2.75) is 24.9 Å². The lowest BCUT2D eigenvalue weighted by Crippen LogP contribution is -2.53. The predicted molar refractivity (Wildman–Crippen MR) is 86.2 cm³/mol. The van der Waals surface area contributed by atoms with Gasteiger partial charge in [-0.15, -0.1) is 0 Å². The molecule has 0 bridgehead atoms. The highest BCUT2D eigenvalue weighted by atomic mass is 16.5. The second-order valence-electron chi connectivity index (χ2n) is 5.56. The number of benzene rings is 1. The van der Waals surface area contributed by atoms with Crippen LogP contribution in [0.15, 0.2) is 24.3 Å². The van der Waals surface area contributed by atoms with E-state index in [-0.39, 0.29) is 18.6 Å². The third-order valence-electron chi connectivity index (χ3n) is 3.87. The molecule has 1 fully saturated rings. The monoisotopic (exact) mass is 307 g/mol. The Morgan fingerprint density at radius 2 is 2.32 bits per heavy atom. The summed E-state index contributed by atoms with van der Waals surface area (Å²) in [5.74, 6) is 0.685. The molecular weight excluding hydrogens is 282 g/mol. The molecule has 3 N–H and O–H groups in total. The van der Waals surface area contributed by atoms with Crippen LogP contribution in [-0.2, 0) is 9.53 Å². The largest absolute Gasteiger partial charge is 0.497 e. The van der Waals surface area contributed by atoms with Gasteiger partial charge in [0.1, 0.15) is 11.8 Å². The topological polar surface area (TPSA) is 76.8 Å². The van der Waals surface area contributed by atoms with Crippen molar-refractivity contribution < 1.29 is 14.3 Å². The highest BCUT2D eigenvalue weighted by molar-refractivity contribution is 5.82. The van der Waals surface area contributed by atoms with Crippen LogP contribution in [0.3, 0.4) is 0 Å². The molecule has 1 amide bonds. The smallest absolute Gasteiger partial charge is 0.239 e. The van der Waals surface area contributed by atoms with E-state index < -0.39 is 6.04 Å². The van der Waals surface area contributed by atoms with Gasteiger partial charge in [-0.1, -0.05) is 6.07 Å². The average Bonchev–Trinajstić information content (AvgIpc) is 2.55. The zero-order chi connectivity index (χ0) is 15.9. The fourth-order valence-corrected chi connectivity index (χ4v) is 2.70. The summed E-state index contributed by atoms with van der Waals surface area (Å²) >= 11 is 0. The maximum atomic E-state index is 12.0. The first-order chi connectivity index (χ1) is 10.6. The number of hydrogen-bond acceptors (Lipinski definition) is 5. The lowest BCUT2D eigenvalue weighted by Gasteiger charge is -2.35. The molecule has 0 radical (unpaired) electrons. The summed E-state index contributed by atoms with van der Waals surface area (Å²) in [7, 11) is 3.20. The number of piperidine rings is 1. The number of methoxy groups -OCH3 is 2. The van der Waals surface area contributed by atoms with Crippen LogP contribution in [0.5, 0.6) is 5.75 Å². The van der Waals surface area contributed by atoms with Crippen LogP contribution in [0.25, 0.3) is 0 Å². The van der Waals surface area contributed by atoms with Gasteiger partial charge in [0.2, 0.25) is 5.91 Å². The number of carbonyl (C=O) groups is 1. The van der Waals surface area contributed by atoms with Crippen molar-refractivity contribution >= 4 is 11.6 Å². The van der Waals surface area contributed by atoms with E-state index in [0.717, 1.165) is 37.4 Å². The first-order valence-electron chi connectivity index (χ1n) is 7.58. The first kappa shape index (κ1) is 16.6. The van der Waals surface area contributed by atoms with E-state index in [1.54, 1.807) is 7.11 Å². The zero-order valence-electron chi connectivity index (χ0n) is 13.2. The third kappa shape index (κ3) is 4.35. The van der Waals surface area contributed by atoms with Gasteiger partial charge in [-0.3, -0.25) is 4.79 Å². The van der Waals surface area contributed by atoms with Gasteiger partial charge in [-0.25, -0.2) is 0 Å². The van der Waals surface area contributed by atoms with Crippen molar-refractivity contribution in [3.63, 3.8) is 0 Å². The number of ether oxygens (including phenoxy) is 2. The summed E-state index contributed by atoms with van der Waals surface area (Å²) in [5, 5.41) is 3.01. The summed E-state index contributed by atoms with van der Waals surface area (Å²) in [6.07, 6.45) is 1.99. The molecule has 1 aromatic carbocycles. The van der Waals surface area contributed by atoms with E-state index in [1.807, 2.05) is 18.2 Å². The second kappa shape index (κ2) is 8.00. The van der Waals surface area contributed by atoms with E-state index in [0.29, 0.717) is 0 Å². The van der Waals surface area contributed by atoms with Gasteiger partial charge < -0.3 is 25.4 Å². The van der Waals surface area contributed by atoms with E-state index >= 15 is 0 Å². The minimum Gasteiger partial charge on any atom is -0.497 e. The summed E-state index contributed by atoms with van der Waals surface area (Å²) in [4.78, 5) is 14.3. The number of carbonyl (C=O) groups excluding carboxylic acids is 1. The van der Waals surface area contributed by atoms with E-state index in [1.165, 1.54) is 7.11 Å². The molecule has 6 nitrogen and oxygen atoms in total. The van der Waals surface area contributed by atoms with E-state index in [4.69, 9.17) is 15.2 Å². The Morgan fingerprint density at radius 3 is 3.05 bits per heavy atom. The molecule has 1 aromatic rings. The highest BCUT2D eigenvalue weighted by Gasteiger charge is 2.24. The summed E-state index contributed by atoms with van der Waals surface area (Å²) in [6, 6.07) is 7.47. The van der Waals surface area contributed by atoms with Gasteiger partial charge >= 0.3 is 0 Å². The van der Waals surface area contributed by atoms with Crippen molar-refractivity contribution in [1.29, 1.82) is 0 Å². The molecule has 1 saturated heterocycles. The van der Waals surface area contributed by atoms with Crippen molar-refractivity contribution in [3.8, 4) is 5.75 Å². The van der Waals surface area contributed by atoms with Crippen molar-refractivity contribution in [2.75, 3.05) is 38.8 Å². The minimum atomic E-state index is -0.614. The highest BCUT2D eigenvalue weighted by Crippen LogP contribution is 2.24. The average molecular weight is 307 g/mol. The number of amides is 1. The normalized spacial score (nSPS) is 19.6. The Morgan fingerprint density at radius 1 is 1.50 bits per heavy atom. The Labute approximate surface area is 131 Å². The molecule has 6 heteroatoms. The Hall–Kier alpha value is -1.79. The molecule has 2 atom stereocenters. The predicted octanol–water partition coefficient (Wildman–Crippen LogP) is 0.754. The van der Waals surface area contributed by atoms with Gasteiger partial charge in [0.25, 0.3) is 0 Å². The van der Waals surface area contributed by atoms with Gasteiger partial charge in [-0.05, 0) is 25.0 Å². The first-order valence-corrected chi connectivity index (χ1v) is 7.58. The maximum Gasteiger partial charge on any atom is 0.239 e. The minimum absolute atomic E-state index is 0.107. The number of nitrogens with zero attached hydrogens (tertiary/aromatic N) is 1. The van der Waals surface area contributed by atoms with Crippen molar-refractivity contribution in [1.82, 2.24) is 5.32 Å². The van der Waals surface area contributed by atoms with Crippen LogP contribution in [0.1, 0.15) is 12.8 Å². The van der Waals surface area contributed by atoms with Crippen LogP contribution in [0.4, 0.5) is 5.69 Å². The van der Waals surface area contributed by atoms with E-state index in [9.17, 15) is 4.79 Å². The summed E-state index contributed by atoms with van der Waals surface area (Å²) in [5.41, 5.74) is 6.87. The van der Waals surface area contributed by atoms with Gasteiger partial charge in [0.05, 0.1) is 13.7 Å². The molecule has 0 saturated carbocycles. The lowest BCUT2D eigenvalue weighted by atomic mass is 10.0. The molecule has 122 valence electrons. The number of rotatable bonds is 6. The molecule has 0 aromatic heterocycles. The summed E-state index contributed by atoms with van der Waals surface area (Å²) in [6.45, 7) is 1.99. The molecule has 22 heavy (non-hydrogen) atoms. The number of nitrogens with two attached hydrogens (primary N) is 1. The Kier molecular flexibility index (Phi) is 6.03. The number of hydrogen-bond donors (Lipinski definition) is 2. The molecular formula is C16H25N3O3. The van der Waals surface area contributed by atoms with E-state index in [2.05, 4.69) is 16.3 Å². The lowest BCUT2D eigenvalue weighted by molar-refractivity contribution is -0.124. The summed E-state index contributed by atoms with van der Waals surface area (Å²) < 4.78 is 10.2. The number of anilines is 1. The fraction of sp³-hybridized carbons (Fsp3) is 0.562. The molecule has 0 spiro atoms. The van der Waals surface area contributed by atoms with Crippen LogP contribution in [-0.4, -0.2) is 51.9 Å². The molecule has 1 aliphatic rings. The van der Waals surface area contributed by atoms with Gasteiger partial charge in [0, 0.05) is 38.0 Å². The van der Waals surface area contributed by atoms with Crippen LogP contribution >= 0.6 is 0 Å². The maximum absolute atomic E-state index is 12.0. The van der Waals surface area contributed by atoms with Crippen LogP contribution in [0, 0.1) is 0 Å². The fourth-order valence-electron chi connectivity index (χ4n) is 2.70. The standard InChI is InChI=1S/C16H25N3O3/c1-21-11-15(17)16(20)18-12-5-4-8-19(10-12)13-6-3-7-14(9-13)22-2/h3,6-7,9,12,15H,4-5,8,10-11,17H2,1-2H3,(H,18,20). The van der Waals surface area contributed by atoms with Crippen LogP contribution in [0.2, 0.25) is 0 Å². The van der Waals surface area contributed by atoms with Crippen LogP contribution < -0.4 is 20.7 Å². The third-order valence-corrected chi connectivity index (χ3v) is 3.87. The SMILES string of the molecule is COCC(N)C(=O)NC1CCCN(c2cccc(OC)c2)C1. The van der Waals surface area contributed by atoms with Crippen molar-refractivity contribution in [2.24, 2.45) is 5.73 Å². The molecule has 1 aliphatic heterocycles. The van der Waals surface area contributed by atoms with Gasteiger partial charge in [-0.2, -0.15) is 0 Å². The number of nitrogens with one attached hydrogen (secondary N) is 1. The zero-order valence-corrected chi connectivity index (χ0v) is 13.2. The second-order valence-corrected chi connectivity index (χ2v) is 5.56. The van der Waals surface area contributed by atoms with Crippen molar-refractivity contribution in [3.05, 3.63) is 24.3 Å². The quantitative estimate of drug-likeness (QED) is 0.811. The Bertz CT molecular complexity index is 495. The molecule has 2 rings (SSSR count). The molecule has 1 heterocycles. The molecule has 0 aliphatic carbocycles. The van der Waals surface area contributed by atoms with Gasteiger partial charge in [0.15, 0.2) is 0 Å². The molecule has 2 unspecified atom stereocenters.